The van der Waals surface area contributed by atoms with Crippen molar-refractivity contribution in [1.29, 1.82) is 0 Å². The third kappa shape index (κ3) is 34.5. The van der Waals surface area contributed by atoms with E-state index in [2.05, 4.69) is 35.5 Å². The molecule has 0 amide bonds. The normalized spacial score (nSPS) is 15.7. The number of aliphatic hydroxyl groups excluding tert-OH is 8. The molecule has 0 fully saturated rings. The van der Waals surface area contributed by atoms with E-state index in [4.69, 9.17) is 11.5 Å². The van der Waals surface area contributed by atoms with E-state index < -0.39 is 54.8 Å². The molecule has 0 aromatic rings. The number of aliphatic hydroxyl groups is 8. The van der Waals surface area contributed by atoms with E-state index in [1.165, 1.54) is 12.2 Å². The molecular formula is C44H64O11. The van der Waals surface area contributed by atoms with Gasteiger partial charge in [0.25, 0.3) is 0 Å². The van der Waals surface area contributed by atoms with Gasteiger partial charge in [-0.3, -0.25) is 4.79 Å². The lowest BCUT2D eigenvalue weighted by Crippen LogP contribution is -2.19. The molecule has 306 valence electrons. The number of ketones is 1. The Hall–Kier alpha value is -3.72. The van der Waals surface area contributed by atoms with Crippen LogP contribution in [-0.4, -0.2) is 107 Å². The number of unbranched alkanes of at least 4 members (excludes halogenated alkanes) is 10. The van der Waals surface area contributed by atoms with Crippen LogP contribution in [0.25, 0.3) is 0 Å². The van der Waals surface area contributed by atoms with E-state index >= 15 is 0 Å². The molecule has 0 aromatic carbocycles. The van der Waals surface area contributed by atoms with Crippen molar-refractivity contribution in [3.63, 3.8) is 0 Å². The van der Waals surface area contributed by atoms with Gasteiger partial charge in [-0.2, -0.15) is 0 Å². The maximum Gasteiger partial charge on any atom is 0.381 e. The Kier molecular flexibility index (Phi) is 32.4. The first-order valence-corrected chi connectivity index (χ1v) is 19.5. The zero-order valence-corrected chi connectivity index (χ0v) is 32.1. The molecule has 0 bridgehead atoms. The summed E-state index contributed by atoms with van der Waals surface area (Å²) in [5.41, 5.74) is 0. The van der Waals surface area contributed by atoms with Gasteiger partial charge in [-0.1, -0.05) is 117 Å². The summed E-state index contributed by atoms with van der Waals surface area (Å²) in [6, 6.07) is 0. The highest BCUT2D eigenvalue weighted by Crippen LogP contribution is 2.15. The van der Waals surface area contributed by atoms with E-state index in [1.54, 1.807) is 12.2 Å². The van der Waals surface area contributed by atoms with Crippen LogP contribution < -0.4 is 0 Å². The van der Waals surface area contributed by atoms with Gasteiger partial charge >= 0.3 is 5.97 Å². The predicted molar refractivity (Wildman–Crippen MR) is 213 cm³/mol. The number of hydrogen-bond acceptors (Lipinski definition) is 10. The second-order valence-corrected chi connectivity index (χ2v) is 13.5. The summed E-state index contributed by atoms with van der Waals surface area (Å²) in [6.07, 6.45) is 21.1. The summed E-state index contributed by atoms with van der Waals surface area (Å²) < 4.78 is 0. The SMILES string of the molecule is C#C[C@@H](O)/C=C/[C@H](O)C/C=C\C[C@H](O)C#C[C@@H](O)C#C[C@@H](O)CCC/C=C\CCC[C@@H](O)C(=O)CCCCCCCCCCC[C@@H](O)C[C@H](O)C#CC(=O)O. The van der Waals surface area contributed by atoms with Crippen LogP contribution in [0.15, 0.2) is 36.5 Å². The van der Waals surface area contributed by atoms with Crippen LogP contribution in [0.1, 0.15) is 128 Å². The van der Waals surface area contributed by atoms with Gasteiger partial charge in [0, 0.05) is 25.2 Å². The molecule has 0 saturated carbocycles. The molecule has 0 aliphatic rings. The zero-order chi connectivity index (χ0) is 41.1. The summed E-state index contributed by atoms with van der Waals surface area (Å²) in [5, 5.41) is 87.1. The fourth-order valence-corrected chi connectivity index (χ4v) is 5.26. The highest BCUT2D eigenvalue weighted by molar-refractivity contribution is 5.86. The molecule has 0 rings (SSSR count). The number of terminal acetylenes is 1. The highest BCUT2D eigenvalue weighted by Gasteiger charge is 2.14. The monoisotopic (exact) mass is 768 g/mol. The smallest absolute Gasteiger partial charge is 0.381 e. The maximum absolute atomic E-state index is 12.3. The number of carboxylic acid groups (broad SMARTS) is 1. The molecule has 55 heavy (non-hydrogen) atoms. The topological polar surface area (TPSA) is 216 Å². The van der Waals surface area contributed by atoms with Gasteiger partial charge in [-0.15, -0.1) is 6.42 Å². The largest absolute Gasteiger partial charge is 0.472 e. The van der Waals surface area contributed by atoms with Gasteiger partial charge in [-0.05, 0) is 63.9 Å². The molecule has 0 aromatic heterocycles. The quantitative estimate of drug-likeness (QED) is 0.0304. The molecule has 0 saturated heterocycles. The van der Waals surface area contributed by atoms with Crippen molar-refractivity contribution in [3.8, 4) is 47.9 Å². The molecule has 11 nitrogen and oxygen atoms in total. The summed E-state index contributed by atoms with van der Waals surface area (Å²) >= 11 is 0. The Morgan fingerprint density at radius 3 is 1.75 bits per heavy atom. The Labute approximate surface area is 328 Å². The molecule has 0 aliphatic carbocycles. The lowest BCUT2D eigenvalue weighted by molar-refractivity contribution is -0.130. The van der Waals surface area contributed by atoms with Crippen LogP contribution in [0, 0.1) is 47.9 Å². The molecule has 0 radical (unpaired) electrons. The number of Topliss-reactive ketones (excluding diaryl/α,β-unsaturated/α-hetero) is 1. The fraction of sp³-hybridized carbons (Fsp3) is 0.636. The lowest BCUT2D eigenvalue weighted by Gasteiger charge is -2.11. The van der Waals surface area contributed by atoms with Gasteiger partial charge in [0.2, 0.25) is 0 Å². The van der Waals surface area contributed by atoms with Crippen molar-refractivity contribution in [2.24, 2.45) is 0 Å². The maximum atomic E-state index is 12.3. The van der Waals surface area contributed by atoms with Crippen molar-refractivity contribution in [2.45, 2.75) is 177 Å². The van der Waals surface area contributed by atoms with E-state index in [0.29, 0.717) is 38.5 Å². The first kappa shape index (κ1) is 51.3. The van der Waals surface area contributed by atoms with Crippen LogP contribution in [-0.2, 0) is 9.59 Å². The van der Waals surface area contributed by atoms with E-state index in [-0.39, 0.29) is 25.0 Å². The van der Waals surface area contributed by atoms with Crippen molar-refractivity contribution in [1.82, 2.24) is 0 Å². The summed E-state index contributed by atoms with van der Waals surface area (Å²) in [7, 11) is 0. The van der Waals surface area contributed by atoms with Gasteiger partial charge in [0.1, 0.15) is 30.5 Å². The molecule has 0 aliphatic heterocycles. The number of hydrogen-bond donors (Lipinski definition) is 9. The van der Waals surface area contributed by atoms with E-state index in [1.807, 2.05) is 18.1 Å². The molecule has 11 heteroatoms. The van der Waals surface area contributed by atoms with Gasteiger partial charge in [0.05, 0.1) is 12.2 Å². The summed E-state index contributed by atoms with van der Waals surface area (Å²) in [6.45, 7) is 0. The third-order valence-corrected chi connectivity index (χ3v) is 8.40. The van der Waals surface area contributed by atoms with Gasteiger partial charge in [-0.25, -0.2) is 4.79 Å². The molecule has 0 unspecified atom stereocenters. The molecule has 9 N–H and O–H groups in total. The number of rotatable bonds is 29. The first-order chi connectivity index (χ1) is 26.3. The lowest BCUT2D eigenvalue weighted by atomic mass is 10.0. The van der Waals surface area contributed by atoms with Crippen LogP contribution in [0.5, 0.6) is 0 Å². The molecule has 0 heterocycles. The van der Waals surface area contributed by atoms with Crippen molar-refractivity contribution < 1.29 is 55.5 Å². The van der Waals surface area contributed by atoms with Crippen molar-refractivity contribution in [3.05, 3.63) is 36.5 Å². The van der Waals surface area contributed by atoms with Crippen LogP contribution in [0.4, 0.5) is 0 Å². The van der Waals surface area contributed by atoms with Crippen molar-refractivity contribution >= 4 is 11.8 Å². The number of carbonyl (C=O) groups is 2. The molecule has 8 atom stereocenters. The first-order valence-electron chi connectivity index (χ1n) is 19.5. The van der Waals surface area contributed by atoms with Crippen LogP contribution >= 0.6 is 0 Å². The van der Waals surface area contributed by atoms with Gasteiger partial charge < -0.3 is 46.0 Å². The predicted octanol–water partition coefficient (Wildman–Crippen LogP) is 3.64. The number of allylic oxidation sites excluding steroid dienone is 2. The number of aliphatic carboxylic acids is 1. The fourth-order valence-electron chi connectivity index (χ4n) is 5.26. The number of carbonyl (C=O) groups excluding carboxylic acids is 1. The minimum atomic E-state index is -1.32. The third-order valence-electron chi connectivity index (χ3n) is 8.40. The average Bonchev–Trinajstić information content (AvgIpc) is 3.15. The highest BCUT2D eigenvalue weighted by atomic mass is 16.4. The zero-order valence-electron chi connectivity index (χ0n) is 32.1. The molecular weight excluding hydrogens is 704 g/mol. The minimum absolute atomic E-state index is 0.0479. The Balaban J connectivity index is 3.89. The van der Waals surface area contributed by atoms with Crippen LogP contribution in [0.3, 0.4) is 0 Å². The van der Waals surface area contributed by atoms with E-state index in [0.717, 1.165) is 70.6 Å². The van der Waals surface area contributed by atoms with E-state index in [9.17, 15) is 50.4 Å². The van der Waals surface area contributed by atoms with Crippen molar-refractivity contribution in [2.75, 3.05) is 0 Å². The summed E-state index contributed by atoms with van der Waals surface area (Å²) in [5.74, 6) is 14.7. The molecule has 0 spiro atoms. The summed E-state index contributed by atoms with van der Waals surface area (Å²) in [4.78, 5) is 22.6. The Bertz CT molecular complexity index is 1360. The van der Waals surface area contributed by atoms with Crippen LogP contribution in [0.2, 0.25) is 0 Å². The Morgan fingerprint density at radius 2 is 1.13 bits per heavy atom. The minimum Gasteiger partial charge on any atom is -0.472 e. The number of carboxylic acids is 1. The Morgan fingerprint density at radius 1 is 0.564 bits per heavy atom. The second-order valence-electron chi connectivity index (χ2n) is 13.5. The van der Waals surface area contributed by atoms with Gasteiger partial charge in [0.15, 0.2) is 11.9 Å². The average molecular weight is 769 g/mol. The standard InChI is InChI=1S/C44H64O11/c1-2-35(45)26-27-37(47)21-18-19-22-38(48)29-31-39(49)30-28-36(46)20-14-10-8-9-13-17-25-43(53)42(52)24-16-12-7-5-3-4-6-11-15-23-40(50)34-41(51)32-33-44(54)55/h1,8-9,18-19,26-27,35-41,43,45-51,53H,3-7,10-17,20-25,34H2,(H,54,55)/b9-8-,19-18-,27-26+/t35-,36+,37-,38+,39+,40-,41-,43-/m1/s1. The second kappa shape index (κ2) is 34.7.